The van der Waals surface area contributed by atoms with E-state index in [9.17, 15) is 4.79 Å². The predicted molar refractivity (Wildman–Crippen MR) is 79.4 cm³/mol. The van der Waals surface area contributed by atoms with Crippen LogP contribution < -0.4 is 0 Å². The van der Waals surface area contributed by atoms with Crippen LogP contribution in [0.25, 0.3) is 0 Å². The Bertz CT molecular complexity index is 614. The zero-order valence-electron chi connectivity index (χ0n) is 9.77. The zero-order chi connectivity index (χ0) is 13.8. The number of hydrogen-bond donors (Lipinski definition) is 1. The van der Waals surface area contributed by atoms with Gasteiger partial charge in [0.05, 0.1) is 5.56 Å². The van der Waals surface area contributed by atoms with Crippen molar-refractivity contribution in [2.75, 3.05) is 0 Å². The fourth-order valence-electron chi connectivity index (χ4n) is 1.56. The Hall–Kier alpha value is -1.16. The lowest BCUT2D eigenvalue weighted by molar-refractivity contribution is 0.0693. The first kappa shape index (κ1) is 14.3. The van der Waals surface area contributed by atoms with E-state index in [4.69, 9.17) is 28.3 Å². The maximum atomic E-state index is 11.1. The lowest BCUT2D eigenvalue weighted by Crippen LogP contribution is -1.98. The van der Waals surface area contributed by atoms with Crippen molar-refractivity contribution in [2.24, 2.45) is 0 Å². The number of aromatic carboxylic acids is 1. The molecule has 0 aromatic heterocycles. The minimum Gasteiger partial charge on any atom is -0.478 e. The van der Waals surface area contributed by atoms with E-state index in [0.717, 1.165) is 10.5 Å². The molecule has 2 nitrogen and oxygen atoms in total. The molecule has 0 saturated heterocycles. The maximum Gasteiger partial charge on any atom is 0.336 e. The van der Waals surface area contributed by atoms with Crippen LogP contribution in [0.1, 0.15) is 15.9 Å². The highest BCUT2D eigenvalue weighted by atomic mass is 35.5. The van der Waals surface area contributed by atoms with E-state index in [2.05, 4.69) is 0 Å². The molecule has 2 rings (SSSR count). The molecular formula is C14H10Cl2O2S. The summed E-state index contributed by atoms with van der Waals surface area (Å²) in [5, 5.41) is 10.3. The van der Waals surface area contributed by atoms with Gasteiger partial charge in [0.2, 0.25) is 0 Å². The van der Waals surface area contributed by atoms with Crippen molar-refractivity contribution < 1.29 is 9.90 Å². The molecule has 0 bridgehead atoms. The van der Waals surface area contributed by atoms with Crippen molar-refractivity contribution >= 4 is 40.9 Å². The van der Waals surface area contributed by atoms with Crippen molar-refractivity contribution in [2.45, 2.75) is 10.6 Å². The summed E-state index contributed by atoms with van der Waals surface area (Å²) in [4.78, 5) is 11.8. The summed E-state index contributed by atoms with van der Waals surface area (Å²) in [6.45, 7) is 0. The van der Waals surface area contributed by atoms with Crippen LogP contribution in [0, 0.1) is 0 Å². The highest BCUT2D eigenvalue weighted by Crippen LogP contribution is 2.30. The van der Waals surface area contributed by atoms with Crippen LogP contribution in [0.15, 0.2) is 47.4 Å². The zero-order valence-corrected chi connectivity index (χ0v) is 12.1. The second-order valence-corrected chi connectivity index (χ2v) is 5.69. The minimum atomic E-state index is -0.926. The van der Waals surface area contributed by atoms with Crippen LogP contribution in [0.2, 0.25) is 10.0 Å². The molecular weight excluding hydrogens is 303 g/mol. The first-order valence-corrected chi connectivity index (χ1v) is 7.21. The van der Waals surface area contributed by atoms with Gasteiger partial charge in [0.25, 0.3) is 0 Å². The molecule has 0 radical (unpaired) electrons. The van der Waals surface area contributed by atoms with Gasteiger partial charge in [-0.25, -0.2) is 4.79 Å². The standard InChI is InChI=1S/C14H10Cl2O2S/c15-10-6-5-9(12(16)7-10)8-19-13-4-2-1-3-11(13)14(17)18/h1-7H,8H2,(H,17,18). The summed E-state index contributed by atoms with van der Waals surface area (Å²) < 4.78 is 0. The number of halogens is 2. The predicted octanol–water partition coefficient (Wildman–Crippen LogP) is 4.98. The summed E-state index contributed by atoms with van der Waals surface area (Å²) in [5.74, 6) is -0.328. The average Bonchev–Trinajstić information content (AvgIpc) is 2.38. The number of benzene rings is 2. The Balaban J connectivity index is 2.17. The first-order valence-electron chi connectivity index (χ1n) is 5.47. The number of rotatable bonds is 4. The number of thioether (sulfide) groups is 1. The van der Waals surface area contributed by atoms with Crippen LogP contribution in [0.4, 0.5) is 0 Å². The van der Waals surface area contributed by atoms with Crippen LogP contribution in [0.5, 0.6) is 0 Å². The fourth-order valence-corrected chi connectivity index (χ4v) is 3.17. The molecule has 19 heavy (non-hydrogen) atoms. The summed E-state index contributed by atoms with van der Waals surface area (Å²) in [5.41, 5.74) is 1.23. The summed E-state index contributed by atoms with van der Waals surface area (Å²) in [6.07, 6.45) is 0. The van der Waals surface area contributed by atoms with Crippen LogP contribution in [0.3, 0.4) is 0 Å². The molecule has 0 aliphatic rings. The van der Waals surface area contributed by atoms with Gasteiger partial charge in [-0.1, -0.05) is 41.4 Å². The van der Waals surface area contributed by atoms with E-state index in [-0.39, 0.29) is 0 Å². The molecule has 98 valence electrons. The van der Waals surface area contributed by atoms with E-state index < -0.39 is 5.97 Å². The summed E-state index contributed by atoms with van der Waals surface area (Å²) in [6, 6.07) is 12.2. The van der Waals surface area contributed by atoms with Gasteiger partial charge in [0.1, 0.15) is 0 Å². The molecule has 2 aromatic carbocycles. The van der Waals surface area contributed by atoms with Gasteiger partial charge in [-0.05, 0) is 29.8 Å². The number of carboxylic acid groups (broad SMARTS) is 1. The molecule has 0 atom stereocenters. The van der Waals surface area contributed by atoms with Crippen LogP contribution >= 0.6 is 35.0 Å². The van der Waals surface area contributed by atoms with Gasteiger partial charge in [0.15, 0.2) is 0 Å². The largest absolute Gasteiger partial charge is 0.478 e. The SMILES string of the molecule is O=C(O)c1ccccc1SCc1ccc(Cl)cc1Cl. The Morgan fingerprint density at radius 2 is 1.89 bits per heavy atom. The highest BCUT2D eigenvalue weighted by molar-refractivity contribution is 7.98. The monoisotopic (exact) mass is 312 g/mol. The van der Waals surface area contributed by atoms with Crippen molar-refractivity contribution in [3.63, 3.8) is 0 Å². The molecule has 0 fully saturated rings. The Kier molecular flexibility index (Phi) is 4.75. The fraction of sp³-hybridized carbons (Fsp3) is 0.0714. The lowest BCUT2D eigenvalue weighted by Gasteiger charge is -2.07. The van der Waals surface area contributed by atoms with Gasteiger partial charge in [-0.3, -0.25) is 0 Å². The Labute approximate surface area is 125 Å². The molecule has 0 aliphatic carbocycles. The van der Waals surface area contributed by atoms with Gasteiger partial charge in [0, 0.05) is 20.7 Å². The third-order valence-electron chi connectivity index (χ3n) is 2.52. The molecule has 0 aliphatic heterocycles. The number of carbonyl (C=O) groups is 1. The van der Waals surface area contributed by atoms with E-state index in [1.165, 1.54) is 11.8 Å². The quantitative estimate of drug-likeness (QED) is 0.809. The Morgan fingerprint density at radius 3 is 2.58 bits per heavy atom. The molecule has 0 heterocycles. The summed E-state index contributed by atoms with van der Waals surface area (Å²) >= 11 is 13.4. The van der Waals surface area contributed by atoms with E-state index in [0.29, 0.717) is 21.4 Å². The van der Waals surface area contributed by atoms with Gasteiger partial charge in [-0.15, -0.1) is 11.8 Å². The van der Waals surface area contributed by atoms with Crippen molar-refractivity contribution in [3.8, 4) is 0 Å². The molecule has 2 aromatic rings. The molecule has 0 saturated carbocycles. The van der Waals surface area contributed by atoms with Gasteiger partial charge >= 0.3 is 5.97 Å². The molecule has 0 spiro atoms. The van der Waals surface area contributed by atoms with E-state index >= 15 is 0 Å². The summed E-state index contributed by atoms with van der Waals surface area (Å²) in [7, 11) is 0. The normalized spacial score (nSPS) is 10.4. The second-order valence-electron chi connectivity index (χ2n) is 3.83. The highest BCUT2D eigenvalue weighted by Gasteiger charge is 2.10. The van der Waals surface area contributed by atoms with Gasteiger partial charge < -0.3 is 5.11 Å². The van der Waals surface area contributed by atoms with Crippen molar-refractivity contribution in [1.29, 1.82) is 0 Å². The van der Waals surface area contributed by atoms with Gasteiger partial charge in [-0.2, -0.15) is 0 Å². The maximum absolute atomic E-state index is 11.1. The molecule has 1 N–H and O–H groups in total. The van der Waals surface area contributed by atoms with E-state index in [1.807, 2.05) is 12.1 Å². The topological polar surface area (TPSA) is 37.3 Å². The van der Waals surface area contributed by atoms with Crippen LogP contribution in [-0.2, 0) is 5.75 Å². The van der Waals surface area contributed by atoms with E-state index in [1.54, 1.807) is 30.3 Å². The second kappa shape index (κ2) is 6.33. The molecule has 0 unspecified atom stereocenters. The Morgan fingerprint density at radius 1 is 1.16 bits per heavy atom. The number of hydrogen-bond acceptors (Lipinski definition) is 2. The number of carboxylic acids is 1. The molecule has 0 amide bonds. The van der Waals surface area contributed by atoms with Crippen LogP contribution in [-0.4, -0.2) is 11.1 Å². The van der Waals surface area contributed by atoms with Crippen molar-refractivity contribution in [3.05, 3.63) is 63.6 Å². The minimum absolute atomic E-state index is 0.303. The third-order valence-corrected chi connectivity index (χ3v) is 4.23. The first-order chi connectivity index (χ1) is 9.08. The average molecular weight is 313 g/mol. The van der Waals surface area contributed by atoms with Crippen molar-refractivity contribution in [1.82, 2.24) is 0 Å². The molecule has 5 heteroatoms. The third kappa shape index (κ3) is 3.66. The smallest absolute Gasteiger partial charge is 0.336 e. The lowest BCUT2D eigenvalue weighted by atomic mass is 10.2.